The second kappa shape index (κ2) is 5.05. The summed E-state index contributed by atoms with van der Waals surface area (Å²) in [6.07, 6.45) is 3.53. The zero-order valence-electron chi connectivity index (χ0n) is 10.4. The molecule has 1 N–H and O–H groups in total. The Morgan fingerprint density at radius 2 is 2.05 bits per heavy atom. The topological polar surface area (TPSA) is 46.5 Å². The van der Waals surface area contributed by atoms with E-state index < -0.39 is 5.97 Å². The van der Waals surface area contributed by atoms with Gasteiger partial charge in [0, 0.05) is 4.88 Å². The zero-order chi connectivity index (χ0) is 13.2. The van der Waals surface area contributed by atoms with E-state index in [1.807, 2.05) is 12.1 Å². The van der Waals surface area contributed by atoms with E-state index in [9.17, 15) is 4.79 Å². The smallest absolute Gasteiger partial charge is 0.345 e. The van der Waals surface area contributed by atoms with Crippen LogP contribution in [-0.2, 0) is 19.4 Å². The number of benzene rings is 1. The molecule has 1 heterocycles. The molecule has 2 aromatic rings. The number of carboxylic acid groups (broad SMARTS) is 1. The highest BCUT2D eigenvalue weighted by Gasteiger charge is 2.12. The third-order valence-electron chi connectivity index (χ3n) is 3.32. The molecule has 1 aliphatic carbocycles. The highest BCUT2D eigenvalue weighted by molar-refractivity contribution is 7.13. The van der Waals surface area contributed by atoms with Crippen molar-refractivity contribution in [3.05, 3.63) is 51.2 Å². The van der Waals surface area contributed by atoms with Crippen molar-refractivity contribution < 1.29 is 14.6 Å². The Balaban J connectivity index is 1.67. The van der Waals surface area contributed by atoms with Crippen LogP contribution >= 0.6 is 11.3 Å². The van der Waals surface area contributed by atoms with Gasteiger partial charge in [0.05, 0.1) is 0 Å². The fourth-order valence-corrected chi connectivity index (χ4v) is 3.12. The van der Waals surface area contributed by atoms with Gasteiger partial charge >= 0.3 is 5.97 Å². The van der Waals surface area contributed by atoms with Gasteiger partial charge in [-0.2, -0.15) is 0 Å². The fourth-order valence-electron chi connectivity index (χ4n) is 2.36. The van der Waals surface area contributed by atoms with Crippen molar-refractivity contribution >= 4 is 17.3 Å². The van der Waals surface area contributed by atoms with Gasteiger partial charge in [0.1, 0.15) is 17.2 Å². The zero-order valence-corrected chi connectivity index (χ0v) is 11.2. The Kier molecular flexibility index (Phi) is 3.25. The van der Waals surface area contributed by atoms with Crippen molar-refractivity contribution in [1.82, 2.24) is 0 Å². The van der Waals surface area contributed by atoms with Gasteiger partial charge in [0.25, 0.3) is 0 Å². The first-order valence-electron chi connectivity index (χ1n) is 6.29. The van der Waals surface area contributed by atoms with E-state index >= 15 is 0 Å². The fraction of sp³-hybridized carbons (Fsp3) is 0.267. The normalized spacial score (nSPS) is 13.3. The summed E-state index contributed by atoms with van der Waals surface area (Å²) in [5.74, 6) is -0.0142. The average molecular weight is 274 g/mol. The minimum absolute atomic E-state index is 0.354. The highest BCUT2D eigenvalue weighted by Crippen LogP contribution is 2.27. The second-order valence-electron chi connectivity index (χ2n) is 4.64. The lowest BCUT2D eigenvalue weighted by Crippen LogP contribution is -1.94. The van der Waals surface area contributed by atoms with Gasteiger partial charge in [-0.3, -0.25) is 0 Å². The van der Waals surface area contributed by atoms with Crippen LogP contribution in [-0.4, -0.2) is 11.1 Å². The number of hydrogen-bond donors (Lipinski definition) is 1. The van der Waals surface area contributed by atoms with Crippen LogP contribution in [0.15, 0.2) is 30.3 Å². The number of hydrogen-bond acceptors (Lipinski definition) is 3. The van der Waals surface area contributed by atoms with E-state index in [-0.39, 0.29) is 0 Å². The third-order valence-corrected chi connectivity index (χ3v) is 4.37. The van der Waals surface area contributed by atoms with Gasteiger partial charge in [0.15, 0.2) is 0 Å². The monoisotopic (exact) mass is 274 g/mol. The SMILES string of the molecule is O=C(O)c1ccc(COc2ccc3c(c2)CCC3)s1. The summed E-state index contributed by atoms with van der Waals surface area (Å²) in [7, 11) is 0. The molecule has 0 aliphatic heterocycles. The summed E-state index contributed by atoms with van der Waals surface area (Å²) >= 11 is 1.26. The Bertz CT molecular complexity index is 616. The Morgan fingerprint density at radius 1 is 1.21 bits per heavy atom. The molecule has 0 amide bonds. The lowest BCUT2D eigenvalue weighted by molar-refractivity contribution is 0.0702. The van der Waals surface area contributed by atoms with Crippen LogP contribution in [0.25, 0.3) is 0 Å². The molecule has 0 unspecified atom stereocenters. The number of aryl methyl sites for hydroxylation is 2. The highest BCUT2D eigenvalue weighted by atomic mass is 32.1. The van der Waals surface area contributed by atoms with E-state index in [0.717, 1.165) is 17.0 Å². The molecule has 98 valence electrons. The van der Waals surface area contributed by atoms with Gasteiger partial charge in [-0.05, 0) is 54.7 Å². The van der Waals surface area contributed by atoms with Crippen molar-refractivity contribution in [1.29, 1.82) is 0 Å². The Morgan fingerprint density at radius 3 is 2.84 bits per heavy atom. The number of fused-ring (bicyclic) bond motifs is 1. The average Bonchev–Trinajstić information content (AvgIpc) is 3.04. The summed E-state index contributed by atoms with van der Waals surface area (Å²) in [5, 5.41) is 8.86. The van der Waals surface area contributed by atoms with E-state index in [2.05, 4.69) is 12.1 Å². The molecule has 0 bridgehead atoms. The molecule has 3 rings (SSSR count). The van der Waals surface area contributed by atoms with Crippen LogP contribution in [0.1, 0.15) is 32.1 Å². The van der Waals surface area contributed by atoms with E-state index in [1.165, 1.54) is 35.3 Å². The molecule has 1 aliphatic rings. The van der Waals surface area contributed by atoms with Gasteiger partial charge in [-0.1, -0.05) is 6.07 Å². The van der Waals surface area contributed by atoms with Crippen LogP contribution < -0.4 is 4.74 Å². The van der Waals surface area contributed by atoms with Crippen molar-refractivity contribution in [2.45, 2.75) is 25.9 Å². The first-order valence-corrected chi connectivity index (χ1v) is 7.10. The maximum atomic E-state index is 10.8. The molecule has 0 saturated carbocycles. The van der Waals surface area contributed by atoms with E-state index in [4.69, 9.17) is 9.84 Å². The molecule has 0 fully saturated rings. The Labute approximate surface area is 115 Å². The predicted octanol–water partition coefficient (Wildman–Crippen LogP) is 3.51. The van der Waals surface area contributed by atoms with Gasteiger partial charge in [-0.25, -0.2) is 4.79 Å². The minimum Gasteiger partial charge on any atom is -0.488 e. The van der Waals surface area contributed by atoms with E-state index in [0.29, 0.717) is 11.5 Å². The molecule has 0 saturated heterocycles. The van der Waals surface area contributed by atoms with Crippen molar-refractivity contribution in [2.24, 2.45) is 0 Å². The summed E-state index contributed by atoms with van der Waals surface area (Å²) in [6, 6.07) is 9.66. The second-order valence-corrected chi connectivity index (χ2v) is 5.81. The standard InChI is InChI=1S/C15H14O3S/c16-15(17)14-7-6-13(19-14)9-18-12-5-4-10-2-1-3-11(10)8-12/h4-8H,1-3,9H2,(H,16,17). The molecule has 0 spiro atoms. The molecule has 19 heavy (non-hydrogen) atoms. The number of carbonyl (C=O) groups is 1. The molecular formula is C15H14O3S. The Hall–Kier alpha value is -1.81. The number of ether oxygens (including phenoxy) is 1. The number of carboxylic acids is 1. The summed E-state index contributed by atoms with van der Waals surface area (Å²) in [4.78, 5) is 12.1. The summed E-state index contributed by atoms with van der Waals surface area (Å²) in [5.41, 5.74) is 2.81. The van der Waals surface area contributed by atoms with Crippen LogP contribution in [0, 0.1) is 0 Å². The predicted molar refractivity (Wildman–Crippen MR) is 74.1 cm³/mol. The van der Waals surface area contributed by atoms with Crippen molar-refractivity contribution in [2.75, 3.05) is 0 Å². The molecular weight excluding hydrogens is 260 g/mol. The van der Waals surface area contributed by atoms with Gasteiger partial charge < -0.3 is 9.84 Å². The van der Waals surface area contributed by atoms with Crippen molar-refractivity contribution in [3.8, 4) is 5.75 Å². The lowest BCUT2D eigenvalue weighted by Gasteiger charge is -2.06. The first-order chi connectivity index (χ1) is 9.22. The summed E-state index contributed by atoms with van der Waals surface area (Å²) < 4.78 is 5.73. The molecule has 1 aromatic heterocycles. The third kappa shape index (κ3) is 2.63. The van der Waals surface area contributed by atoms with Crippen LogP contribution in [0.3, 0.4) is 0 Å². The molecule has 0 radical (unpaired) electrons. The lowest BCUT2D eigenvalue weighted by atomic mass is 10.1. The number of aromatic carboxylic acids is 1. The maximum absolute atomic E-state index is 10.8. The molecule has 0 atom stereocenters. The molecule has 4 heteroatoms. The van der Waals surface area contributed by atoms with E-state index in [1.54, 1.807) is 6.07 Å². The van der Waals surface area contributed by atoms with Crippen LogP contribution in [0.2, 0.25) is 0 Å². The minimum atomic E-state index is -0.881. The molecule has 3 nitrogen and oxygen atoms in total. The van der Waals surface area contributed by atoms with Gasteiger partial charge in [-0.15, -0.1) is 11.3 Å². The largest absolute Gasteiger partial charge is 0.488 e. The quantitative estimate of drug-likeness (QED) is 0.928. The maximum Gasteiger partial charge on any atom is 0.345 e. The van der Waals surface area contributed by atoms with Crippen molar-refractivity contribution in [3.63, 3.8) is 0 Å². The number of rotatable bonds is 4. The first kappa shape index (κ1) is 12.2. The molecule has 1 aromatic carbocycles. The van der Waals surface area contributed by atoms with Gasteiger partial charge in [0.2, 0.25) is 0 Å². The summed E-state index contributed by atoms with van der Waals surface area (Å²) in [6.45, 7) is 0.427. The number of thiophene rings is 1. The van der Waals surface area contributed by atoms with Crippen LogP contribution in [0.5, 0.6) is 5.75 Å². The van der Waals surface area contributed by atoms with Crippen LogP contribution in [0.4, 0.5) is 0 Å².